The topological polar surface area (TPSA) is 58.4 Å². The first-order valence-electron chi connectivity index (χ1n) is 7.01. The normalized spacial score (nSPS) is 23.2. The maximum atomic E-state index is 12.3. The number of benzene rings is 1. The van der Waals surface area contributed by atoms with E-state index in [-0.39, 0.29) is 18.4 Å². The molecule has 0 spiro atoms. The number of rotatable bonds is 2. The van der Waals surface area contributed by atoms with Crippen LogP contribution >= 0.6 is 0 Å². The lowest BCUT2D eigenvalue weighted by molar-refractivity contribution is -0.136. The standard InChI is InChI=1S/C15H19N3O2/c1-11-6-7-17(8-14(11)19)15(20)9-18-10-16-12-4-2-3-5-13(12)18/h2-5,10-11,14,19H,6-9H2,1H3. The summed E-state index contributed by atoms with van der Waals surface area (Å²) in [6, 6.07) is 7.77. The lowest BCUT2D eigenvalue weighted by Gasteiger charge is -2.34. The Morgan fingerprint density at radius 2 is 2.25 bits per heavy atom. The molecule has 1 aliphatic heterocycles. The summed E-state index contributed by atoms with van der Waals surface area (Å²) in [7, 11) is 0. The van der Waals surface area contributed by atoms with E-state index < -0.39 is 6.10 Å². The molecule has 20 heavy (non-hydrogen) atoms. The first kappa shape index (κ1) is 13.1. The molecule has 0 saturated carbocycles. The molecular weight excluding hydrogens is 254 g/mol. The van der Waals surface area contributed by atoms with Crippen LogP contribution in [0.3, 0.4) is 0 Å². The molecule has 1 N–H and O–H groups in total. The first-order valence-corrected chi connectivity index (χ1v) is 7.01. The predicted octanol–water partition coefficient (Wildman–Crippen LogP) is 1.27. The van der Waals surface area contributed by atoms with Gasteiger partial charge in [0.15, 0.2) is 0 Å². The van der Waals surface area contributed by atoms with Crippen molar-refractivity contribution in [1.29, 1.82) is 0 Å². The Bertz CT molecular complexity index is 622. The fourth-order valence-corrected chi connectivity index (χ4v) is 2.66. The van der Waals surface area contributed by atoms with Crippen LogP contribution in [-0.2, 0) is 11.3 Å². The Kier molecular flexibility index (Phi) is 3.44. The zero-order valence-corrected chi connectivity index (χ0v) is 11.6. The zero-order valence-electron chi connectivity index (χ0n) is 11.6. The van der Waals surface area contributed by atoms with Crippen molar-refractivity contribution in [2.24, 2.45) is 5.92 Å². The number of imidazole rings is 1. The molecule has 1 amide bonds. The van der Waals surface area contributed by atoms with Gasteiger partial charge in [-0.3, -0.25) is 4.79 Å². The highest BCUT2D eigenvalue weighted by atomic mass is 16.3. The molecule has 106 valence electrons. The van der Waals surface area contributed by atoms with Gasteiger partial charge in [0.25, 0.3) is 0 Å². The minimum atomic E-state index is -0.410. The van der Waals surface area contributed by atoms with Crippen molar-refractivity contribution in [3.63, 3.8) is 0 Å². The number of β-amino-alcohol motifs (C(OH)–C–C–N with tert-alkyl or cyclic N) is 1. The smallest absolute Gasteiger partial charge is 0.242 e. The van der Waals surface area contributed by atoms with Gasteiger partial charge in [-0.15, -0.1) is 0 Å². The van der Waals surface area contributed by atoms with Gasteiger partial charge in [0.05, 0.1) is 23.5 Å². The van der Waals surface area contributed by atoms with Crippen LogP contribution in [0.15, 0.2) is 30.6 Å². The van der Waals surface area contributed by atoms with Crippen LogP contribution in [0.4, 0.5) is 0 Å². The Morgan fingerprint density at radius 3 is 3.05 bits per heavy atom. The highest BCUT2D eigenvalue weighted by molar-refractivity contribution is 5.80. The van der Waals surface area contributed by atoms with Crippen molar-refractivity contribution in [3.8, 4) is 0 Å². The van der Waals surface area contributed by atoms with E-state index in [0.717, 1.165) is 24.0 Å². The molecule has 1 aliphatic rings. The van der Waals surface area contributed by atoms with E-state index in [9.17, 15) is 9.90 Å². The van der Waals surface area contributed by atoms with Crippen molar-refractivity contribution in [2.45, 2.75) is 26.0 Å². The second-order valence-electron chi connectivity index (χ2n) is 5.53. The lowest BCUT2D eigenvalue weighted by Crippen LogP contribution is -2.46. The van der Waals surface area contributed by atoms with Crippen LogP contribution in [0.2, 0.25) is 0 Å². The molecule has 1 fully saturated rings. The van der Waals surface area contributed by atoms with E-state index in [4.69, 9.17) is 0 Å². The third kappa shape index (κ3) is 2.41. The molecule has 5 heteroatoms. The quantitative estimate of drug-likeness (QED) is 0.896. The number of hydrogen-bond acceptors (Lipinski definition) is 3. The third-order valence-electron chi connectivity index (χ3n) is 4.10. The van der Waals surface area contributed by atoms with Crippen LogP contribution in [0.1, 0.15) is 13.3 Å². The van der Waals surface area contributed by atoms with Gasteiger partial charge < -0.3 is 14.6 Å². The lowest BCUT2D eigenvalue weighted by atomic mass is 9.96. The van der Waals surface area contributed by atoms with E-state index in [1.807, 2.05) is 35.8 Å². The van der Waals surface area contributed by atoms with Crippen LogP contribution in [0, 0.1) is 5.92 Å². The summed E-state index contributed by atoms with van der Waals surface area (Å²) in [5.74, 6) is 0.312. The number of hydrogen-bond donors (Lipinski definition) is 1. The molecule has 5 nitrogen and oxygen atoms in total. The fraction of sp³-hybridized carbons (Fsp3) is 0.467. The Hall–Kier alpha value is -1.88. The van der Waals surface area contributed by atoms with Crippen LogP contribution in [0.25, 0.3) is 11.0 Å². The number of likely N-dealkylation sites (tertiary alicyclic amines) is 1. The molecule has 0 radical (unpaired) electrons. The summed E-state index contributed by atoms with van der Waals surface area (Å²) in [5.41, 5.74) is 1.86. The van der Waals surface area contributed by atoms with E-state index in [1.54, 1.807) is 11.2 Å². The van der Waals surface area contributed by atoms with Gasteiger partial charge >= 0.3 is 0 Å². The number of nitrogens with zero attached hydrogens (tertiary/aromatic N) is 3. The van der Waals surface area contributed by atoms with Gasteiger partial charge in [-0.1, -0.05) is 19.1 Å². The Labute approximate surface area is 117 Å². The van der Waals surface area contributed by atoms with E-state index in [2.05, 4.69) is 4.98 Å². The van der Waals surface area contributed by atoms with Crippen molar-refractivity contribution < 1.29 is 9.90 Å². The van der Waals surface area contributed by atoms with Crippen molar-refractivity contribution in [3.05, 3.63) is 30.6 Å². The van der Waals surface area contributed by atoms with Crippen LogP contribution < -0.4 is 0 Å². The summed E-state index contributed by atoms with van der Waals surface area (Å²) < 4.78 is 1.86. The minimum Gasteiger partial charge on any atom is -0.391 e. The fourth-order valence-electron chi connectivity index (χ4n) is 2.66. The van der Waals surface area contributed by atoms with Crippen molar-refractivity contribution >= 4 is 16.9 Å². The number of aromatic nitrogens is 2. The molecule has 2 aromatic rings. The molecule has 3 rings (SSSR count). The highest BCUT2D eigenvalue weighted by Crippen LogP contribution is 2.18. The summed E-state index contributed by atoms with van der Waals surface area (Å²) in [6.45, 7) is 3.47. The number of carbonyl (C=O) groups is 1. The van der Waals surface area contributed by atoms with Gasteiger partial charge in [0.2, 0.25) is 5.91 Å². The molecule has 2 heterocycles. The number of fused-ring (bicyclic) bond motifs is 1. The second kappa shape index (κ2) is 5.25. The summed E-state index contributed by atoms with van der Waals surface area (Å²) in [5, 5.41) is 9.88. The van der Waals surface area contributed by atoms with Gasteiger partial charge in [-0.25, -0.2) is 4.98 Å². The molecule has 0 bridgehead atoms. The monoisotopic (exact) mass is 273 g/mol. The van der Waals surface area contributed by atoms with E-state index in [0.29, 0.717) is 6.54 Å². The van der Waals surface area contributed by atoms with Gasteiger partial charge in [0.1, 0.15) is 6.54 Å². The SMILES string of the molecule is CC1CCN(C(=O)Cn2cnc3ccccc32)CC1O. The number of carbonyl (C=O) groups excluding carboxylic acids is 1. The van der Waals surface area contributed by atoms with Gasteiger partial charge in [-0.05, 0) is 24.5 Å². The van der Waals surface area contributed by atoms with Crippen molar-refractivity contribution in [2.75, 3.05) is 13.1 Å². The van der Waals surface area contributed by atoms with E-state index >= 15 is 0 Å². The number of amides is 1. The number of para-hydroxylation sites is 2. The average molecular weight is 273 g/mol. The highest BCUT2D eigenvalue weighted by Gasteiger charge is 2.27. The number of aliphatic hydroxyl groups is 1. The molecular formula is C15H19N3O2. The third-order valence-corrected chi connectivity index (χ3v) is 4.10. The predicted molar refractivity (Wildman–Crippen MR) is 76.1 cm³/mol. The molecule has 1 aromatic heterocycles. The Balaban J connectivity index is 1.73. The molecule has 1 aromatic carbocycles. The largest absolute Gasteiger partial charge is 0.391 e. The summed E-state index contributed by atoms with van der Waals surface area (Å²) >= 11 is 0. The number of piperidine rings is 1. The van der Waals surface area contributed by atoms with Gasteiger partial charge in [-0.2, -0.15) is 0 Å². The average Bonchev–Trinajstić information content (AvgIpc) is 2.85. The van der Waals surface area contributed by atoms with Crippen molar-refractivity contribution in [1.82, 2.24) is 14.5 Å². The van der Waals surface area contributed by atoms with E-state index in [1.165, 1.54) is 0 Å². The maximum Gasteiger partial charge on any atom is 0.242 e. The summed E-state index contributed by atoms with van der Waals surface area (Å²) in [6.07, 6.45) is 2.15. The molecule has 1 saturated heterocycles. The molecule has 0 aliphatic carbocycles. The second-order valence-corrected chi connectivity index (χ2v) is 5.53. The Morgan fingerprint density at radius 1 is 1.45 bits per heavy atom. The number of aliphatic hydroxyl groups excluding tert-OH is 1. The molecule has 2 unspecified atom stereocenters. The van der Waals surface area contributed by atoms with Crippen LogP contribution in [0.5, 0.6) is 0 Å². The zero-order chi connectivity index (χ0) is 14.1. The molecule has 2 atom stereocenters. The van der Waals surface area contributed by atoms with Gasteiger partial charge in [0, 0.05) is 13.1 Å². The summed E-state index contributed by atoms with van der Waals surface area (Å²) in [4.78, 5) is 18.4. The maximum absolute atomic E-state index is 12.3. The van der Waals surface area contributed by atoms with Crippen LogP contribution in [-0.4, -0.2) is 44.7 Å². The first-order chi connectivity index (χ1) is 9.65. The minimum absolute atomic E-state index is 0.0408.